The molecule has 0 spiro atoms. The van der Waals surface area contributed by atoms with Gasteiger partial charge in [0.2, 0.25) is 0 Å². The highest BCUT2D eigenvalue weighted by molar-refractivity contribution is 5.05. The third kappa shape index (κ3) is 1.99. The predicted molar refractivity (Wildman–Crippen MR) is 48.2 cm³/mol. The minimum Gasteiger partial charge on any atom is -0.466 e. The van der Waals surface area contributed by atoms with Crippen molar-refractivity contribution in [1.82, 2.24) is 9.55 Å². The molecule has 2 heterocycles. The van der Waals surface area contributed by atoms with E-state index in [0.29, 0.717) is 0 Å². The van der Waals surface area contributed by atoms with Gasteiger partial charge in [0.25, 0.3) is 0 Å². The number of rotatable bonds is 3. The van der Waals surface area contributed by atoms with Crippen molar-refractivity contribution in [2.75, 3.05) is 0 Å². The van der Waals surface area contributed by atoms with Gasteiger partial charge in [0.1, 0.15) is 11.5 Å². The lowest BCUT2D eigenvalue weighted by Gasteiger charge is -1.97. The SMILES string of the molecule is Cc1ccc(CCn2[c]ncc2)o1. The maximum absolute atomic E-state index is 5.43. The van der Waals surface area contributed by atoms with Crippen LogP contribution in [0.3, 0.4) is 0 Å². The van der Waals surface area contributed by atoms with Crippen molar-refractivity contribution >= 4 is 0 Å². The zero-order valence-electron chi connectivity index (χ0n) is 7.53. The average Bonchev–Trinajstić information content (AvgIpc) is 2.71. The summed E-state index contributed by atoms with van der Waals surface area (Å²) in [6, 6.07) is 3.99. The summed E-state index contributed by atoms with van der Waals surface area (Å²) in [6.07, 6.45) is 7.36. The Labute approximate surface area is 77.0 Å². The summed E-state index contributed by atoms with van der Waals surface area (Å²) >= 11 is 0. The molecule has 0 aliphatic heterocycles. The van der Waals surface area contributed by atoms with Crippen LogP contribution in [0, 0.1) is 13.3 Å². The first-order valence-corrected chi connectivity index (χ1v) is 4.29. The third-order valence-corrected chi connectivity index (χ3v) is 1.90. The summed E-state index contributed by atoms with van der Waals surface area (Å²) in [4.78, 5) is 3.85. The lowest BCUT2D eigenvalue weighted by molar-refractivity contribution is 0.468. The Morgan fingerprint density at radius 1 is 1.54 bits per heavy atom. The van der Waals surface area contributed by atoms with Crippen LogP contribution in [0.15, 0.2) is 28.9 Å². The molecule has 0 unspecified atom stereocenters. The van der Waals surface area contributed by atoms with Gasteiger partial charge in [-0.05, 0) is 19.1 Å². The van der Waals surface area contributed by atoms with E-state index in [-0.39, 0.29) is 0 Å². The first-order chi connectivity index (χ1) is 6.34. The molecule has 2 rings (SSSR count). The van der Waals surface area contributed by atoms with Crippen LogP contribution < -0.4 is 0 Å². The molecule has 67 valence electrons. The van der Waals surface area contributed by atoms with Crippen LogP contribution in [0.2, 0.25) is 0 Å². The van der Waals surface area contributed by atoms with Gasteiger partial charge in [-0.3, -0.25) is 0 Å². The quantitative estimate of drug-likeness (QED) is 0.712. The summed E-state index contributed by atoms with van der Waals surface area (Å²) in [7, 11) is 0. The maximum Gasteiger partial charge on any atom is 0.176 e. The van der Waals surface area contributed by atoms with E-state index in [1.165, 1.54) is 0 Å². The molecule has 2 aromatic heterocycles. The normalized spacial score (nSPS) is 10.5. The van der Waals surface area contributed by atoms with Gasteiger partial charge >= 0.3 is 0 Å². The van der Waals surface area contributed by atoms with Gasteiger partial charge < -0.3 is 8.98 Å². The molecule has 0 amide bonds. The van der Waals surface area contributed by atoms with Crippen LogP contribution in [0.4, 0.5) is 0 Å². The lowest BCUT2D eigenvalue weighted by Crippen LogP contribution is -1.97. The number of aryl methyl sites for hydroxylation is 3. The number of hydrogen-bond donors (Lipinski definition) is 0. The van der Waals surface area contributed by atoms with Crippen LogP contribution in [-0.4, -0.2) is 9.55 Å². The van der Waals surface area contributed by atoms with E-state index < -0.39 is 0 Å². The Balaban J connectivity index is 1.93. The monoisotopic (exact) mass is 175 g/mol. The zero-order valence-corrected chi connectivity index (χ0v) is 7.53. The van der Waals surface area contributed by atoms with Gasteiger partial charge in [0.05, 0.1) is 0 Å². The van der Waals surface area contributed by atoms with E-state index in [0.717, 1.165) is 24.5 Å². The van der Waals surface area contributed by atoms with Crippen molar-refractivity contribution in [1.29, 1.82) is 0 Å². The first kappa shape index (κ1) is 8.10. The molecule has 0 atom stereocenters. The molecule has 0 aliphatic rings. The van der Waals surface area contributed by atoms with Crippen LogP contribution in [0.1, 0.15) is 11.5 Å². The zero-order chi connectivity index (χ0) is 9.10. The molecule has 0 aromatic carbocycles. The number of aromatic nitrogens is 2. The van der Waals surface area contributed by atoms with E-state index in [1.54, 1.807) is 6.20 Å². The summed E-state index contributed by atoms with van der Waals surface area (Å²) in [5.74, 6) is 1.98. The molecule has 2 aromatic rings. The molecule has 0 N–H and O–H groups in total. The predicted octanol–water partition coefficient (Wildman–Crippen LogP) is 1.83. The van der Waals surface area contributed by atoms with E-state index in [2.05, 4.69) is 11.3 Å². The fourth-order valence-electron chi connectivity index (χ4n) is 1.23. The summed E-state index contributed by atoms with van der Waals surface area (Å²) in [6.45, 7) is 2.82. The highest BCUT2D eigenvalue weighted by Crippen LogP contribution is 2.07. The van der Waals surface area contributed by atoms with Crippen molar-refractivity contribution in [3.63, 3.8) is 0 Å². The van der Waals surface area contributed by atoms with Crippen molar-refractivity contribution in [2.24, 2.45) is 0 Å². The first-order valence-electron chi connectivity index (χ1n) is 4.29. The minimum atomic E-state index is 0.868. The fourth-order valence-corrected chi connectivity index (χ4v) is 1.23. The fraction of sp³-hybridized carbons (Fsp3) is 0.300. The van der Waals surface area contributed by atoms with Gasteiger partial charge in [-0.25, -0.2) is 4.98 Å². The van der Waals surface area contributed by atoms with Gasteiger partial charge in [0.15, 0.2) is 6.33 Å². The van der Waals surface area contributed by atoms with E-state index in [9.17, 15) is 0 Å². The van der Waals surface area contributed by atoms with Crippen LogP contribution in [0.5, 0.6) is 0 Å². The van der Waals surface area contributed by atoms with Crippen LogP contribution >= 0.6 is 0 Å². The average molecular weight is 175 g/mol. The van der Waals surface area contributed by atoms with E-state index in [1.807, 2.05) is 29.8 Å². The van der Waals surface area contributed by atoms with E-state index in [4.69, 9.17) is 4.42 Å². The molecule has 0 aliphatic carbocycles. The lowest BCUT2D eigenvalue weighted by atomic mass is 10.3. The second-order valence-electron chi connectivity index (χ2n) is 2.98. The molecule has 0 saturated heterocycles. The summed E-state index contributed by atoms with van der Waals surface area (Å²) in [5, 5.41) is 0. The molecular weight excluding hydrogens is 164 g/mol. The smallest absolute Gasteiger partial charge is 0.176 e. The number of furan rings is 1. The van der Waals surface area contributed by atoms with Gasteiger partial charge in [0, 0.05) is 25.4 Å². The Kier molecular flexibility index (Phi) is 2.17. The third-order valence-electron chi connectivity index (χ3n) is 1.90. The van der Waals surface area contributed by atoms with Crippen LogP contribution in [0.25, 0.3) is 0 Å². The highest BCUT2D eigenvalue weighted by atomic mass is 16.3. The molecule has 1 radical (unpaired) electrons. The second-order valence-corrected chi connectivity index (χ2v) is 2.98. The minimum absolute atomic E-state index is 0.868. The molecule has 0 fully saturated rings. The molecule has 13 heavy (non-hydrogen) atoms. The van der Waals surface area contributed by atoms with Crippen molar-refractivity contribution in [2.45, 2.75) is 19.9 Å². The second kappa shape index (κ2) is 3.47. The number of imidazole rings is 1. The maximum atomic E-state index is 5.43. The highest BCUT2D eigenvalue weighted by Gasteiger charge is 1.98. The Hall–Kier alpha value is -1.51. The molecule has 0 bridgehead atoms. The number of nitrogens with zero attached hydrogens (tertiary/aromatic N) is 2. The van der Waals surface area contributed by atoms with Crippen LogP contribution in [-0.2, 0) is 13.0 Å². The number of hydrogen-bond acceptors (Lipinski definition) is 2. The largest absolute Gasteiger partial charge is 0.466 e. The molecular formula is C10H11N2O. The Bertz CT molecular complexity index is 362. The summed E-state index contributed by atoms with van der Waals surface area (Å²) in [5.41, 5.74) is 0. The van der Waals surface area contributed by atoms with Gasteiger partial charge in [-0.2, -0.15) is 0 Å². The van der Waals surface area contributed by atoms with Crippen molar-refractivity contribution in [3.8, 4) is 0 Å². The van der Waals surface area contributed by atoms with Gasteiger partial charge in [-0.1, -0.05) is 0 Å². The molecule has 3 nitrogen and oxygen atoms in total. The van der Waals surface area contributed by atoms with E-state index >= 15 is 0 Å². The topological polar surface area (TPSA) is 31.0 Å². The molecule has 0 saturated carbocycles. The molecule has 3 heteroatoms. The standard InChI is InChI=1S/C10H11N2O/c1-9-2-3-10(13-9)4-6-12-7-5-11-8-12/h2-3,5,7H,4,6H2,1H3. The van der Waals surface area contributed by atoms with Crippen molar-refractivity contribution < 1.29 is 4.42 Å². The Morgan fingerprint density at radius 2 is 2.46 bits per heavy atom. The summed E-state index contributed by atoms with van der Waals surface area (Å²) < 4.78 is 7.35. The van der Waals surface area contributed by atoms with Crippen molar-refractivity contribution in [3.05, 3.63) is 42.4 Å². The van der Waals surface area contributed by atoms with Gasteiger partial charge in [-0.15, -0.1) is 0 Å². The Morgan fingerprint density at radius 3 is 3.08 bits per heavy atom.